The minimum atomic E-state index is -4.72. The van der Waals surface area contributed by atoms with Crippen molar-refractivity contribution < 1.29 is 26.3 Å². The van der Waals surface area contributed by atoms with Crippen molar-refractivity contribution in [2.24, 2.45) is 11.8 Å². The van der Waals surface area contributed by atoms with Gasteiger partial charge in [0.1, 0.15) is 12.2 Å². The largest absolute Gasteiger partial charge is 0.418 e. The summed E-state index contributed by atoms with van der Waals surface area (Å²) in [6.07, 6.45) is -7.98. The first kappa shape index (κ1) is 17.1. The molecule has 0 unspecified atom stereocenters. The first-order valence-electron chi connectivity index (χ1n) is 7.61. The molecule has 2 nitrogen and oxygen atoms in total. The summed E-state index contributed by atoms with van der Waals surface area (Å²) in [4.78, 5) is 4.15. The molecule has 2 atom stereocenters. The van der Waals surface area contributed by atoms with Crippen LogP contribution in [0.1, 0.15) is 37.4 Å². The van der Waals surface area contributed by atoms with Gasteiger partial charge in [0.05, 0.1) is 5.56 Å². The molecule has 0 amide bonds. The summed E-state index contributed by atoms with van der Waals surface area (Å²) < 4.78 is 77.8. The Hall–Kier alpha value is -1.73. The van der Waals surface area contributed by atoms with Gasteiger partial charge in [0.25, 0.3) is 0 Å². The van der Waals surface area contributed by atoms with Gasteiger partial charge in [0.15, 0.2) is 0 Å². The topological polar surface area (TPSA) is 17.8 Å². The molecule has 0 saturated heterocycles. The van der Waals surface area contributed by atoms with E-state index in [1.54, 1.807) is 0 Å². The first-order valence-corrected chi connectivity index (χ1v) is 7.61. The van der Waals surface area contributed by atoms with Crippen LogP contribution in [-0.2, 0) is 12.7 Å². The van der Waals surface area contributed by atoms with Crippen LogP contribution in [0.25, 0.3) is 11.0 Å². The van der Waals surface area contributed by atoms with E-state index in [-0.39, 0.29) is 17.0 Å². The molecule has 0 N–H and O–H groups in total. The second-order valence-corrected chi connectivity index (χ2v) is 6.64. The number of fused-ring (bicyclic) bond motifs is 1. The normalized spacial score (nSPS) is 21.7. The molecule has 8 heteroatoms. The molecule has 1 fully saturated rings. The van der Waals surface area contributed by atoms with E-state index in [0.717, 1.165) is 6.42 Å². The van der Waals surface area contributed by atoms with Gasteiger partial charge in [-0.3, -0.25) is 0 Å². The lowest BCUT2D eigenvalue weighted by Crippen LogP contribution is -2.17. The molecule has 2 heterocycles. The second-order valence-electron chi connectivity index (χ2n) is 6.64. The summed E-state index contributed by atoms with van der Waals surface area (Å²) in [7, 11) is 0. The van der Waals surface area contributed by atoms with Crippen molar-refractivity contribution in [3.63, 3.8) is 0 Å². The first-order chi connectivity index (χ1) is 11.0. The Kier molecular flexibility index (Phi) is 3.84. The summed E-state index contributed by atoms with van der Waals surface area (Å²) in [5, 5.41) is -0.294. The molecule has 1 aliphatic rings. The van der Waals surface area contributed by atoms with Crippen LogP contribution in [0.15, 0.2) is 18.3 Å². The number of halogens is 6. The van der Waals surface area contributed by atoms with Crippen molar-refractivity contribution in [1.29, 1.82) is 0 Å². The molecule has 132 valence electrons. The number of rotatable bonds is 3. The van der Waals surface area contributed by atoms with Crippen LogP contribution >= 0.6 is 0 Å². The third-order valence-corrected chi connectivity index (χ3v) is 4.47. The Morgan fingerprint density at radius 2 is 1.83 bits per heavy atom. The van der Waals surface area contributed by atoms with E-state index in [4.69, 9.17) is 0 Å². The van der Waals surface area contributed by atoms with Crippen molar-refractivity contribution in [3.8, 4) is 0 Å². The van der Waals surface area contributed by atoms with Gasteiger partial charge in [-0.15, -0.1) is 0 Å². The van der Waals surface area contributed by atoms with E-state index >= 15 is 0 Å². The molecule has 3 rings (SSSR count). The van der Waals surface area contributed by atoms with Gasteiger partial charge >= 0.3 is 12.4 Å². The lowest BCUT2D eigenvalue weighted by Gasteiger charge is -2.09. The Labute approximate surface area is 134 Å². The molecule has 0 aliphatic heterocycles. The average molecular weight is 350 g/mol. The molecule has 0 bridgehead atoms. The number of pyridine rings is 1. The summed E-state index contributed by atoms with van der Waals surface area (Å²) in [5.74, 6) is 0.890. The predicted octanol–water partition coefficient (Wildman–Crippen LogP) is 5.38. The number of alkyl halides is 6. The summed E-state index contributed by atoms with van der Waals surface area (Å²) >= 11 is 0. The Bertz CT molecular complexity index is 756. The highest BCUT2D eigenvalue weighted by Gasteiger charge is 2.42. The van der Waals surface area contributed by atoms with Crippen LogP contribution in [0.5, 0.6) is 0 Å². The fourth-order valence-electron chi connectivity index (χ4n) is 3.22. The molecule has 0 radical (unpaired) electrons. The van der Waals surface area contributed by atoms with Crippen LogP contribution in [0, 0.1) is 11.8 Å². The Morgan fingerprint density at radius 3 is 2.33 bits per heavy atom. The molecule has 2 aromatic rings. The van der Waals surface area contributed by atoms with Crippen LogP contribution in [0.4, 0.5) is 26.3 Å². The molecule has 0 spiro atoms. The number of aromatic nitrogens is 2. The zero-order chi connectivity index (χ0) is 17.9. The fraction of sp³-hybridized carbons (Fsp3) is 0.562. The van der Waals surface area contributed by atoms with E-state index in [1.165, 1.54) is 12.1 Å². The highest BCUT2D eigenvalue weighted by atomic mass is 19.4. The van der Waals surface area contributed by atoms with E-state index in [9.17, 15) is 26.3 Å². The molecule has 1 aliphatic carbocycles. The lowest BCUT2D eigenvalue weighted by molar-refractivity contribution is -0.143. The maximum Gasteiger partial charge on any atom is 0.418 e. The van der Waals surface area contributed by atoms with Gasteiger partial charge < -0.3 is 4.57 Å². The van der Waals surface area contributed by atoms with Gasteiger partial charge in [-0.2, -0.15) is 26.3 Å². The summed E-state index contributed by atoms with van der Waals surface area (Å²) in [5.41, 5.74) is -0.778. The highest BCUT2D eigenvalue weighted by Crippen LogP contribution is 2.51. The van der Waals surface area contributed by atoms with Crippen molar-refractivity contribution in [1.82, 2.24) is 9.55 Å². The highest BCUT2D eigenvalue weighted by molar-refractivity contribution is 5.81. The van der Waals surface area contributed by atoms with Crippen molar-refractivity contribution >= 4 is 11.0 Å². The maximum atomic E-state index is 13.1. The quantitative estimate of drug-likeness (QED) is 0.680. The number of hydrogen-bond donors (Lipinski definition) is 0. The van der Waals surface area contributed by atoms with Gasteiger partial charge in [-0.05, 0) is 30.4 Å². The average Bonchev–Trinajstić information content (AvgIpc) is 3.14. The molecule has 0 aromatic carbocycles. The van der Waals surface area contributed by atoms with Crippen LogP contribution in [0.3, 0.4) is 0 Å². The minimum absolute atomic E-state index is 0.109. The van der Waals surface area contributed by atoms with Crippen LogP contribution in [-0.4, -0.2) is 15.7 Å². The lowest BCUT2D eigenvalue weighted by atomic mass is 10.1. The number of hydrogen-bond acceptors (Lipinski definition) is 1. The third kappa shape index (κ3) is 3.23. The number of nitrogens with zero attached hydrogens (tertiary/aromatic N) is 2. The molecule has 24 heavy (non-hydrogen) atoms. The van der Waals surface area contributed by atoms with Crippen LogP contribution < -0.4 is 0 Å². The fourth-order valence-corrected chi connectivity index (χ4v) is 3.22. The second kappa shape index (κ2) is 5.39. The van der Waals surface area contributed by atoms with Crippen LogP contribution in [0.2, 0.25) is 0 Å². The SMILES string of the molecule is CC(C)[C@H]1C[C@@H]1c1ccc2c(C(F)(F)F)cn(CC(F)(F)F)c2n1. The monoisotopic (exact) mass is 350 g/mol. The predicted molar refractivity (Wildman–Crippen MR) is 76.5 cm³/mol. The van der Waals surface area contributed by atoms with Gasteiger partial charge in [-0.1, -0.05) is 13.8 Å². The molecule has 1 saturated carbocycles. The van der Waals surface area contributed by atoms with Crippen molar-refractivity contribution in [2.75, 3.05) is 0 Å². The minimum Gasteiger partial charge on any atom is -0.323 e. The van der Waals surface area contributed by atoms with E-state index in [2.05, 4.69) is 4.98 Å². The molecular weight excluding hydrogens is 334 g/mol. The Morgan fingerprint density at radius 1 is 1.17 bits per heavy atom. The Balaban J connectivity index is 2.08. The molecule has 2 aromatic heterocycles. The zero-order valence-electron chi connectivity index (χ0n) is 13.0. The third-order valence-electron chi connectivity index (χ3n) is 4.47. The van der Waals surface area contributed by atoms with E-state index < -0.39 is 24.5 Å². The van der Waals surface area contributed by atoms with Crippen molar-refractivity contribution in [3.05, 3.63) is 29.6 Å². The molecular formula is C16H16F6N2. The van der Waals surface area contributed by atoms with E-state index in [0.29, 0.717) is 28.3 Å². The van der Waals surface area contributed by atoms with Gasteiger partial charge in [0, 0.05) is 23.2 Å². The van der Waals surface area contributed by atoms with Gasteiger partial charge in [0.2, 0.25) is 0 Å². The standard InChI is InChI=1S/C16H16F6N2/c1-8(2)10-5-11(10)13-4-3-9-12(16(20,21)22)6-24(14(9)23-13)7-15(17,18)19/h3-4,6,8,10-11H,5,7H2,1-2H3/t10-,11+/m1/s1. The van der Waals surface area contributed by atoms with E-state index in [1.807, 2.05) is 13.8 Å². The maximum absolute atomic E-state index is 13.1. The van der Waals surface area contributed by atoms with Gasteiger partial charge in [-0.25, -0.2) is 4.98 Å². The smallest absolute Gasteiger partial charge is 0.323 e. The summed E-state index contributed by atoms with van der Waals surface area (Å²) in [6.45, 7) is 2.59. The summed E-state index contributed by atoms with van der Waals surface area (Å²) in [6, 6.07) is 2.74. The van der Waals surface area contributed by atoms with Crippen molar-refractivity contribution in [2.45, 2.75) is 45.1 Å². The zero-order valence-corrected chi connectivity index (χ0v) is 13.0.